The van der Waals surface area contributed by atoms with Gasteiger partial charge in [-0.1, -0.05) is 22.0 Å². The molecule has 1 aromatic rings. The molecular weight excluding hydrogens is 314 g/mol. The summed E-state index contributed by atoms with van der Waals surface area (Å²) in [5.74, 6) is 0.248. The van der Waals surface area contributed by atoms with Crippen molar-refractivity contribution in [3.63, 3.8) is 0 Å². The summed E-state index contributed by atoms with van der Waals surface area (Å²) in [5, 5.41) is 3.26. The summed E-state index contributed by atoms with van der Waals surface area (Å²) in [5.41, 5.74) is 2.44. The molecule has 0 saturated carbocycles. The molecule has 0 bridgehead atoms. The molecule has 0 heterocycles. The molecule has 0 aromatic heterocycles. The van der Waals surface area contributed by atoms with Gasteiger partial charge in [0.2, 0.25) is 0 Å². The van der Waals surface area contributed by atoms with Gasteiger partial charge in [0, 0.05) is 22.5 Å². The summed E-state index contributed by atoms with van der Waals surface area (Å²) in [6.45, 7) is 2.07. The fourth-order valence-corrected chi connectivity index (χ4v) is 3.06. The zero-order valence-electron chi connectivity index (χ0n) is 11.0. The van der Waals surface area contributed by atoms with Crippen molar-refractivity contribution in [2.75, 3.05) is 19.1 Å². The van der Waals surface area contributed by atoms with Crippen LogP contribution in [0, 0.1) is 6.92 Å². The van der Waals surface area contributed by atoms with E-state index in [9.17, 15) is 8.42 Å². The van der Waals surface area contributed by atoms with Crippen LogP contribution < -0.4 is 5.32 Å². The molecule has 0 aliphatic carbocycles. The number of rotatable bonds is 6. The molecule has 0 aliphatic rings. The summed E-state index contributed by atoms with van der Waals surface area (Å²) < 4.78 is 23.3. The van der Waals surface area contributed by atoms with Gasteiger partial charge >= 0.3 is 0 Å². The first-order valence-electron chi connectivity index (χ1n) is 5.94. The Bertz CT molecular complexity index is 500. The minimum absolute atomic E-state index is 0.198. The maximum atomic E-state index is 11.1. The number of benzene rings is 1. The molecule has 1 aromatic carbocycles. The van der Waals surface area contributed by atoms with E-state index >= 15 is 0 Å². The van der Waals surface area contributed by atoms with Crippen molar-refractivity contribution in [2.24, 2.45) is 0 Å². The topological polar surface area (TPSA) is 46.2 Å². The smallest absolute Gasteiger partial charge is 0.147 e. The molecule has 102 valence electrons. The summed E-state index contributed by atoms with van der Waals surface area (Å²) in [6.07, 6.45) is 2.78. The monoisotopic (exact) mass is 333 g/mol. The maximum absolute atomic E-state index is 11.1. The lowest BCUT2D eigenvalue weighted by Crippen LogP contribution is -2.18. The van der Waals surface area contributed by atoms with Crippen LogP contribution in [0.1, 0.15) is 30.0 Å². The van der Waals surface area contributed by atoms with Crippen molar-refractivity contribution in [1.82, 2.24) is 5.32 Å². The molecule has 18 heavy (non-hydrogen) atoms. The van der Waals surface area contributed by atoms with Gasteiger partial charge in [-0.15, -0.1) is 0 Å². The Morgan fingerprint density at radius 3 is 2.61 bits per heavy atom. The molecule has 1 N–H and O–H groups in total. The Morgan fingerprint density at radius 1 is 1.39 bits per heavy atom. The average molecular weight is 334 g/mol. The van der Waals surface area contributed by atoms with Crippen LogP contribution in [0.3, 0.4) is 0 Å². The van der Waals surface area contributed by atoms with Crippen LogP contribution >= 0.6 is 15.9 Å². The summed E-state index contributed by atoms with van der Waals surface area (Å²) in [4.78, 5) is 0. The van der Waals surface area contributed by atoms with Crippen molar-refractivity contribution in [3.8, 4) is 0 Å². The SMILES string of the molecule is CNC(CCCS(C)(=O)=O)c1cc(Br)ccc1C. The molecule has 0 spiro atoms. The van der Waals surface area contributed by atoms with E-state index in [1.165, 1.54) is 17.4 Å². The highest BCUT2D eigenvalue weighted by atomic mass is 79.9. The summed E-state index contributed by atoms with van der Waals surface area (Å²) in [6, 6.07) is 6.38. The first-order chi connectivity index (χ1) is 8.33. The average Bonchev–Trinajstić information content (AvgIpc) is 2.27. The quantitative estimate of drug-likeness (QED) is 0.870. The lowest BCUT2D eigenvalue weighted by atomic mass is 9.98. The molecule has 0 fully saturated rings. The van der Waals surface area contributed by atoms with Crippen LogP contribution in [0.4, 0.5) is 0 Å². The standard InChI is InChI=1S/C13H20BrNO2S/c1-10-6-7-11(14)9-12(10)13(15-2)5-4-8-18(3,16)17/h6-7,9,13,15H,4-5,8H2,1-3H3. The molecule has 1 unspecified atom stereocenters. The van der Waals surface area contributed by atoms with E-state index in [4.69, 9.17) is 0 Å². The molecule has 1 atom stereocenters. The van der Waals surface area contributed by atoms with Gasteiger partial charge in [-0.05, 0) is 50.1 Å². The van der Waals surface area contributed by atoms with Gasteiger partial charge in [-0.3, -0.25) is 0 Å². The summed E-state index contributed by atoms with van der Waals surface area (Å²) in [7, 11) is -0.957. The number of hydrogen-bond donors (Lipinski definition) is 1. The minimum atomic E-state index is -2.87. The van der Waals surface area contributed by atoms with Crippen molar-refractivity contribution >= 4 is 25.8 Å². The number of hydrogen-bond acceptors (Lipinski definition) is 3. The van der Waals surface area contributed by atoms with Crippen molar-refractivity contribution < 1.29 is 8.42 Å². The van der Waals surface area contributed by atoms with Crippen LogP contribution in [0.25, 0.3) is 0 Å². The highest BCUT2D eigenvalue weighted by Gasteiger charge is 2.13. The fraction of sp³-hybridized carbons (Fsp3) is 0.538. The third-order valence-electron chi connectivity index (χ3n) is 2.97. The van der Waals surface area contributed by atoms with E-state index < -0.39 is 9.84 Å². The van der Waals surface area contributed by atoms with Crippen LogP contribution in [0.15, 0.2) is 22.7 Å². The lowest BCUT2D eigenvalue weighted by Gasteiger charge is -2.19. The van der Waals surface area contributed by atoms with Gasteiger partial charge in [0.1, 0.15) is 9.84 Å². The van der Waals surface area contributed by atoms with E-state index in [2.05, 4.69) is 40.3 Å². The predicted octanol–water partition coefficient (Wildman–Crippen LogP) is 2.84. The highest BCUT2D eigenvalue weighted by molar-refractivity contribution is 9.10. The number of halogens is 1. The Morgan fingerprint density at radius 2 is 2.06 bits per heavy atom. The van der Waals surface area contributed by atoms with E-state index in [1.807, 2.05) is 13.1 Å². The largest absolute Gasteiger partial charge is 0.313 e. The maximum Gasteiger partial charge on any atom is 0.147 e. The Labute approximate surface area is 118 Å². The number of aryl methyl sites for hydroxylation is 1. The Balaban J connectivity index is 2.74. The molecule has 3 nitrogen and oxygen atoms in total. The number of sulfone groups is 1. The second-order valence-electron chi connectivity index (χ2n) is 4.61. The Hall–Kier alpha value is -0.390. The normalized spacial score (nSPS) is 13.6. The predicted molar refractivity (Wildman–Crippen MR) is 79.6 cm³/mol. The molecule has 0 aliphatic heterocycles. The minimum Gasteiger partial charge on any atom is -0.313 e. The summed E-state index contributed by atoms with van der Waals surface area (Å²) >= 11 is 3.47. The van der Waals surface area contributed by atoms with Gasteiger partial charge < -0.3 is 5.32 Å². The molecular formula is C13H20BrNO2S. The van der Waals surface area contributed by atoms with Crippen LogP contribution in [-0.4, -0.2) is 27.5 Å². The Kier molecular flexibility index (Phi) is 5.82. The van der Waals surface area contributed by atoms with E-state index in [-0.39, 0.29) is 11.8 Å². The first-order valence-corrected chi connectivity index (χ1v) is 8.80. The number of nitrogens with one attached hydrogen (secondary N) is 1. The first kappa shape index (κ1) is 15.7. The van der Waals surface area contributed by atoms with E-state index in [0.717, 1.165) is 10.9 Å². The second-order valence-corrected chi connectivity index (χ2v) is 7.79. The van der Waals surface area contributed by atoms with Crippen LogP contribution in [0.5, 0.6) is 0 Å². The van der Waals surface area contributed by atoms with Gasteiger partial charge in [0.15, 0.2) is 0 Å². The lowest BCUT2D eigenvalue weighted by molar-refractivity contribution is 0.534. The van der Waals surface area contributed by atoms with E-state index in [0.29, 0.717) is 6.42 Å². The van der Waals surface area contributed by atoms with E-state index in [1.54, 1.807) is 0 Å². The molecule has 5 heteroatoms. The second kappa shape index (κ2) is 6.68. The van der Waals surface area contributed by atoms with Gasteiger partial charge in [0.05, 0.1) is 0 Å². The molecule has 1 rings (SSSR count). The van der Waals surface area contributed by atoms with Crippen LogP contribution in [-0.2, 0) is 9.84 Å². The van der Waals surface area contributed by atoms with Crippen molar-refractivity contribution in [2.45, 2.75) is 25.8 Å². The van der Waals surface area contributed by atoms with Crippen LogP contribution in [0.2, 0.25) is 0 Å². The van der Waals surface area contributed by atoms with Crippen molar-refractivity contribution in [3.05, 3.63) is 33.8 Å². The van der Waals surface area contributed by atoms with Gasteiger partial charge in [-0.2, -0.15) is 0 Å². The fourth-order valence-electron chi connectivity index (χ4n) is 1.99. The molecule has 0 amide bonds. The zero-order valence-corrected chi connectivity index (χ0v) is 13.4. The third-order valence-corrected chi connectivity index (χ3v) is 4.50. The highest BCUT2D eigenvalue weighted by Crippen LogP contribution is 2.25. The van der Waals surface area contributed by atoms with Gasteiger partial charge in [-0.25, -0.2) is 8.42 Å². The third kappa shape index (κ3) is 5.08. The molecule has 0 saturated heterocycles. The zero-order chi connectivity index (χ0) is 13.8. The van der Waals surface area contributed by atoms with Crippen molar-refractivity contribution in [1.29, 1.82) is 0 Å². The van der Waals surface area contributed by atoms with Gasteiger partial charge in [0.25, 0.3) is 0 Å². The molecule has 0 radical (unpaired) electrons.